The topological polar surface area (TPSA) is 58.6 Å². The van der Waals surface area contributed by atoms with Gasteiger partial charge in [-0.2, -0.15) is 0 Å². The normalized spacial score (nSPS) is 13.9. The third kappa shape index (κ3) is 4.47. The fourth-order valence-electron chi connectivity index (χ4n) is 1.75. The van der Waals surface area contributed by atoms with Crippen LogP contribution in [0.4, 0.5) is 0 Å². The van der Waals surface area contributed by atoms with Crippen molar-refractivity contribution < 1.29 is 14.6 Å². The zero-order chi connectivity index (χ0) is 13.4. The van der Waals surface area contributed by atoms with Crippen LogP contribution in [-0.4, -0.2) is 30.3 Å². The summed E-state index contributed by atoms with van der Waals surface area (Å²) < 4.78 is 5.24. The number of rotatable bonds is 7. The molecular weight excluding hydrogens is 230 g/mol. The summed E-state index contributed by atoms with van der Waals surface area (Å²) in [7, 11) is 0. The summed E-state index contributed by atoms with van der Waals surface area (Å²) in [5.74, 6) is -0.154. The van der Waals surface area contributed by atoms with E-state index in [1.165, 1.54) is 0 Å². The first-order chi connectivity index (χ1) is 8.69. The highest BCUT2D eigenvalue weighted by Gasteiger charge is 2.18. The van der Waals surface area contributed by atoms with E-state index in [-0.39, 0.29) is 18.6 Å². The second-order valence-corrected chi connectivity index (χ2v) is 4.08. The summed E-state index contributed by atoms with van der Waals surface area (Å²) in [4.78, 5) is 11.9. The third-order valence-corrected chi connectivity index (χ3v) is 2.72. The van der Waals surface area contributed by atoms with E-state index in [0.717, 1.165) is 5.56 Å². The molecule has 4 nitrogen and oxygen atoms in total. The fourth-order valence-corrected chi connectivity index (χ4v) is 1.75. The molecule has 18 heavy (non-hydrogen) atoms. The van der Waals surface area contributed by atoms with Gasteiger partial charge in [-0.15, -0.1) is 0 Å². The lowest BCUT2D eigenvalue weighted by molar-refractivity contribution is -0.132. The summed E-state index contributed by atoms with van der Waals surface area (Å²) in [5.41, 5.74) is 0.989. The molecule has 0 aromatic heterocycles. The maximum absolute atomic E-state index is 11.9. The number of amides is 1. The van der Waals surface area contributed by atoms with E-state index in [1.807, 2.05) is 37.3 Å². The van der Waals surface area contributed by atoms with Crippen molar-refractivity contribution in [2.75, 3.05) is 13.2 Å². The van der Waals surface area contributed by atoms with Crippen LogP contribution in [0, 0.1) is 0 Å². The molecule has 1 rings (SSSR count). The van der Waals surface area contributed by atoms with Gasteiger partial charge in [0.1, 0.15) is 6.10 Å². The van der Waals surface area contributed by atoms with Crippen LogP contribution in [0.5, 0.6) is 0 Å². The molecule has 2 N–H and O–H groups in total. The van der Waals surface area contributed by atoms with Crippen LogP contribution < -0.4 is 5.32 Å². The Kier molecular flexibility index (Phi) is 6.39. The van der Waals surface area contributed by atoms with Gasteiger partial charge in [0.2, 0.25) is 5.91 Å². The van der Waals surface area contributed by atoms with E-state index in [9.17, 15) is 4.79 Å². The predicted octanol–water partition coefficient (Wildman–Crippen LogP) is 1.65. The van der Waals surface area contributed by atoms with Crippen molar-refractivity contribution in [1.82, 2.24) is 5.32 Å². The molecule has 0 radical (unpaired) electrons. The molecule has 0 saturated carbocycles. The summed E-state index contributed by atoms with van der Waals surface area (Å²) in [5, 5.41) is 12.0. The molecule has 2 unspecified atom stereocenters. The Balaban J connectivity index is 2.66. The van der Waals surface area contributed by atoms with Crippen LogP contribution in [-0.2, 0) is 9.53 Å². The highest BCUT2D eigenvalue weighted by atomic mass is 16.5. The zero-order valence-corrected chi connectivity index (χ0v) is 10.9. The number of nitrogens with one attached hydrogen (secondary N) is 1. The lowest BCUT2D eigenvalue weighted by atomic mass is 10.0. The van der Waals surface area contributed by atoms with Crippen LogP contribution in [0.1, 0.15) is 31.9 Å². The Morgan fingerprint density at radius 1 is 1.39 bits per heavy atom. The average molecular weight is 251 g/mol. The van der Waals surface area contributed by atoms with Crippen molar-refractivity contribution in [2.24, 2.45) is 0 Å². The van der Waals surface area contributed by atoms with Crippen molar-refractivity contribution in [1.29, 1.82) is 0 Å². The third-order valence-electron chi connectivity index (χ3n) is 2.72. The summed E-state index contributed by atoms with van der Waals surface area (Å²) in [6.45, 7) is 4.11. The molecule has 4 heteroatoms. The Morgan fingerprint density at radius 3 is 2.61 bits per heavy atom. The van der Waals surface area contributed by atoms with Gasteiger partial charge in [0.25, 0.3) is 0 Å². The number of hydrogen-bond donors (Lipinski definition) is 2. The standard InChI is InChI=1S/C14H21NO3/c1-3-18-11(2)14(17)15-13(9-10-16)12-7-5-4-6-8-12/h4-8,11,13,16H,3,9-10H2,1-2H3,(H,15,17). The first-order valence-electron chi connectivity index (χ1n) is 6.26. The fraction of sp³-hybridized carbons (Fsp3) is 0.500. The van der Waals surface area contributed by atoms with Gasteiger partial charge in [0.05, 0.1) is 6.04 Å². The number of ether oxygens (including phenoxy) is 1. The van der Waals surface area contributed by atoms with Crippen molar-refractivity contribution in [3.63, 3.8) is 0 Å². The van der Waals surface area contributed by atoms with E-state index < -0.39 is 6.10 Å². The van der Waals surface area contributed by atoms with Crippen LogP contribution in [0.3, 0.4) is 0 Å². The van der Waals surface area contributed by atoms with E-state index in [4.69, 9.17) is 9.84 Å². The monoisotopic (exact) mass is 251 g/mol. The van der Waals surface area contributed by atoms with Crippen molar-refractivity contribution >= 4 is 5.91 Å². The van der Waals surface area contributed by atoms with E-state index >= 15 is 0 Å². The number of benzene rings is 1. The molecule has 0 heterocycles. The van der Waals surface area contributed by atoms with Gasteiger partial charge >= 0.3 is 0 Å². The van der Waals surface area contributed by atoms with Crippen LogP contribution >= 0.6 is 0 Å². The summed E-state index contributed by atoms with van der Waals surface area (Å²) in [6.07, 6.45) is 0.0223. The number of aliphatic hydroxyl groups is 1. The van der Waals surface area contributed by atoms with Crippen molar-refractivity contribution in [2.45, 2.75) is 32.4 Å². The van der Waals surface area contributed by atoms with Gasteiger partial charge in [0, 0.05) is 13.2 Å². The molecule has 0 aliphatic heterocycles. The molecule has 1 aromatic carbocycles. The largest absolute Gasteiger partial charge is 0.396 e. The molecule has 0 spiro atoms. The smallest absolute Gasteiger partial charge is 0.249 e. The first-order valence-corrected chi connectivity index (χ1v) is 6.26. The summed E-state index contributed by atoms with van der Waals surface area (Å²) in [6, 6.07) is 9.45. The molecule has 1 aromatic rings. The Labute approximate surface area is 108 Å². The first kappa shape index (κ1) is 14.7. The van der Waals surface area contributed by atoms with Gasteiger partial charge in [-0.05, 0) is 25.8 Å². The Bertz CT molecular complexity index is 353. The van der Waals surface area contributed by atoms with E-state index in [2.05, 4.69) is 5.32 Å². The van der Waals surface area contributed by atoms with Gasteiger partial charge in [0.15, 0.2) is 0 Å². The number of carbonyl (C=O) groups excluding carboxylic acids is 1. The highest BCUT2D eigenvalue weighted by Crippen LogP contribution is 2.16. The maximum atomic E-state index is 11.9. The van der Waals surface area contributed by atoms with Crippen molar-refractivity contribution in [3.8, 4) is 0 Å². The SMILES string of the molecule is CCOC(C)C(=O)NC(CCO)c1ccccc1. The van der Waals surface area contributed by atoms with E-state index in [0.29, 0.717) is 13.0 Å². The molecule has 0 fully saturated rings. The minimum atomic E-state index is -0.472. The zero-order valence-electron chi connectivity index (χ0n) is 10.9. The molecule has 2 atom stereocenters. The number of aliphatic hydroxyl groups excluding tert-OH is 1. The highest BCUT2D eigenvalue weighted by molar-refractivity contribution is 5.80. The predicted molar refractivity (Wildman–Crippen MR) is 70.1 cm³/mol. The molecule has 0 aliphatic carbocycles. The quantitative estimate of drug-likeness (QED) is 0.774. The summed E-state index contributed by atoms with van der Waals surface area (Å²) >= 11 is 0. The van der Waals surface area contributed by atoms with Crippen molar-refractivity contribution in [3.05, 3.63) is 35.9 Å². The van der Waals surface area contributed by atoms with Crippen LogP contribution in [0.25, 0.3) is 0 Å². The van der Waals surface area contributed by atoms with Gasteiger partial charge in [-0.3, -0.25) is 4.79 Å². The Hall–Kier alpha value is -1.39. The van der Waals surface area contributed by atoms with Gasteiger partial charge in [-0.1, -0.05) is 30.3 Å². The molecule has 1 amide bonds. The molecule has 100 valence electrons. The van der Waals surface area contributed by atoms with Crippen LogP contribution in [0.15, 0.2) is 30.3 Å². The van der Waals surface area contributed by atoms with Gasteiger partial charge < -0.3 is 15.2 Å². The minimum Gasteiger partial charge on any atom is -0.396 e. The minimum absolute atomic E-state index is 0.0306. The van der Waals surface area contributed by atoms with Gasteiger partial charge in [-0.25, -0.2) is 0 Å². The molecule has 0 bridgehead atoms. The number of hydrogen-bond acceptors (Lipinski definition) is 3. The van der Waals surface area contributed by atoms with E-state index in [1.54, 1.807) is 6.92 Å². The lowest BCUT2D eigenvalue weighted by Crippen LogP contribution is -2.37. The average Bonchev–Trinajstić information content (AvgIpc) is 2.39. The number of carbonyl (C=O) groups is 1. The second-order valence-electron chi connectivity index (χ2n) is 4.08. The lowest BCUT2D eigenvalue weighted by Gasteiger charge is -2.20. The molecular formula is C14H21NO3. The van der Waals surface area contributed by atoms with Crippen LogP contribution in [0.2, 0.25) is 0 Å². The molecule has 0 aliphatic rings. The second kappa shape index (κ2) is 7.84. The maximum Gasteiger partial charge on any atom is 0.249 e. The Morgan fingerprint density at radius 2 is 2.06 bits per heavy atom. The molecule has 0 saturated heterocycles.